The predicted octanol–water partition coefficient (Wildman–Crippen LogP) is 2.99. The van der Waals surface area contributed by atoms with Crippen molar-refractivity contribution in [2.75, 3.05) is 6.67 Å². The van der Waals surface area contributed by atoms with Gasteiger partial charge in [0, 0.05) is 9.13 Å². The third kappa shape index (κ3) is 3.35. The van der Waals surface area contributed by atoms with Crippen LogP contribution in [0.2, 0.25) is 0 Å². The minimum absolute atomic E-state index is 0. The lowest BCUT2D eigenvalue weighted by atomic mass is 10.1. The standard InChI is InChI=1S/C8H8FI2NO.ClH/c9-3-7(12)5-1-4(10)2-6(11)8(5)13;/h1-2,7,13H,3,12H2;1H/t7-;/m0./s1. The Morgan fingerprint density at radius 1 is 1.43 bits per heavy atom. The van der Waals surface area contributed by atoms with Crippen LogP contribution >= 0.6 is 57.6 Å². The van der Waals surface area contributed by atoms with Crippen LogP contribution in [0.25, 0.3) is 0 Å². The molecule has 0 heterocycles. The molecule has 0 fully saturated rings. The number of rotatable bonds is 2. The molecule has 0 radical (unpaired) electrons. The van der Waals surface area contributed by atoms with Crippen molar-refractivity contribution in [3.63, 3.8) is 0 Å². The SMILES string of the molecule is Cl.N[C@@H](CF)c1cc(I)cc(I)c1O. The van der Waals surface area contributed by atoms with Crippen LogP contribution in [0.3, 0.4) is 0 Å². The lowest BCUT2D eigenvalue weighted by Gasteiger charge is -2.11. The van der Waals surface area contributed by atoms with Crippen LogP contribution in [0.15, 0.2) is 12.1 Å². The van der Waals surface area contributed by atoms with Crippen LogP contribution < -0.4 is 5.73 Å². The van der Waals surface area contributed by atoms with Crippen LogP contribution in [0.1, 0.15) is 11.6 Å². The van der Waals surface area contributed by atoms with Gasteiger partial charge < -0.3 is 10.8 Å². The molecule has 1 aromatic rings. The predicted molar refractivity (Wildman–Crippen MR) is 73.7 cm³/mol. The fourth-order valence-electron chi connectivity index (χ4n) is 0.952. The summed E-state index contributed by atoms with van der Waals surface area (Å²) < 4.78 is 13.9. The fraction of sp³-hybridized carbons (Fsp3) is 0.250. The van der Waals surface area contributed by atoms with E-state index < -0.39 is 12.7 Å². The number of benzene rings is 1. The first kappa shape index (κ1) is 14.7. The van der Waals surface area contributed by atoms with Gasteiger partial charge in [0.25, 0.3) is 0 Å². The highest BCUT2D eigenvalue weighted by Gasteiger charge is 2.13. The molecular formula is C8H9ClFI2NO. The molecule has 0 spiro atoms. The molecule has 0 aliphatic heterocycles. The highest BCUT2D eigenvalue weighted by atomic mass is 127. The highest BCUT2D eigenvalue weighted by molar-refractivity contribution is 14.1. The quantitative estimate of drug-likeness (QED) is 0.691. The molecular weight excluding hydrogens is 434 g/mol. The smallest absolute Gasteiger partial charge is 0.133 e. The average molecular weight is 443 g/mol. The van der Waals surface area contributed by atoms with Gasteiger partial charge >= 0.3 is 0 Å². The van der Waals surface area contributed by atoms with Gasteiger partial charge in [0.2, 0.25) is 0 Å². The zero-order valence-corrected chi connectivity index (χ0v) is 12.1. The normalized spacial score (nSPS) is 12.0. The van der Waals surface area contributed by atoms with Gasteiger partial charge in [-0.15, -0.1) is 12.4 Å². The Balaban J connectivity index is 0.00000169. The first-order valence-electron chi connectivity index (χ1n) is 3.55. The van der Waals surface area contributed by atoms with E-state index in [1.54, 1.807) is 6.07 Å². The molecule has 1 atom stereocenters. The van der Waals surface area contributed by atoms with E-state index in [0.29, 0.717) is 9.13 Å². The molecule has 0 saturated heterocycles. The zero-order valence-electron chi connectivity index (χ0n) is 7.01. The first-order valence-corrected chi connectivity index (χ1v) is 5.71. The van der Waals surface area contributed by atoms with Gasteiger partial charge in [-0.05, 0) is 57.3 Å². The molecule has 6 heteroatoms. The zero-order chi connectivity index (χ0) is 10.0. The lowest BCUT2D eigenvalue weighted by molar-refractivity contribution is 0.413. The molecule has 2 nitrogen and oxygen atoms in total. The molecule has 80 valence electrons. The van der Waals surface area contributed by atoms with Gasteiger partial charge in [0.1, 0.15) is 12.4 Å². The Morgan fingerprint density at radius 3 is 2.50 bits per heavy atom. The molecule has 0 saturated carbocycles. The summed E-state index contributed by atoms with van der Waals surface area (Å²) in [6.45, 7) is -0.663. The Kier molecular flexibility index (Phi) is 6.58. The summed E-state index contributed by atoms with van der Waals surface area (Å²) in [5.74, 6) is 0.0890. The van der Waals surface area contributed by atoms with E-state index in [2.05, 4.69) is 22.6 Å². The number of hydrogen-bond acceptors (Lipinski definition) is 2. The topological polar surface area (TPSA) is 46.2 Å². The number of nitrogens with two attached hydrogens (primary N) is 1. The number of hydrogen-bond donors (Lipinski definition) is 2. The maximum absolute atomic E-state index is 12.3. The fourth-order valence-corrected chi connectivity index (χ4v) is 2.84. The van der Waals surface area contributed by atoms with Gasteiger partial charge in [-0.3, -0.25) is 0 Å². The summed E-state index contributed by atoms with van der Waals surface area (Å²) in [6.07, 6.45) is 0. The molecule has 1 rings (SSSR count). The minimum Gasteiger partial charge on any atom is -0.506 e. The molecule has 1 aromatic carbocycles. The van der Waals surface area contributed by atoms with Crippen LogP contribution in [-0.4, -0.2) is 11.8 Å². The van der Waals surface area contributed by atoms with Crippen LogP contribution in [0.4, 0.5) is 4.39 Å². The van der Waals surface area contributed by atoms with E-state index in [1.807, 2.05) is 28.7 Å². The van der Waals surface area contributed by atoms with Gasteiger partial charge in [-0.25, -0.2) is 4.39 Å². The molecule has 0 aliphatic rings. The van der Waals surface area contributed by atoms with E-state index in [1.165, 1.54) is 0 Å². The van der Waals surface area contributed by atoms with Crippen molar-refractivity contribution >= 4 is 57.6 Å². The molecule has 3 N–H and O–H groups in total. The third-order valence-electron chi connectivity index (χ3n) is 1.62. The minimum atomic E-state index is -0.733. The highest BCUT2D eigenvalue weighted by Crippen LogP contribution is 2.30. The van der Waals surface area contributed by atoms with Crippen molar-refractivity contribution in [1.82, 2.24) is 0 Å². The largest absolute Gasteiger partial charge is 0.506 e. The second-order valence-electron chi connectivity index (χ2n) is 2.59. The van der Waals surface area contributed by atoms with E-state index in [-0.39, 0.29) is 18.2 Å². The number of halogens is 4. The molecule has 0 bridgehead atoms. The van der Waals surface area contributed by atoms with E-state index in [9.17, 15) is 9.50 Å². The van der Waals surface area contributed by atoms with Crippen molar-refractivity contribution in [1.29, 1.82) is 0 Å². The molecule has 14 heavy (non-hydrogen) atoms. The van der Waals surface area contributed by atoms with Gasteiger partial charge in [0.15, 0.2) is 0 Å². The maximum atomic E-state index is 12.3. The Bertz CT molecular complexity index is 324. The summed E-state index contributed by atoms with van der Waals surface area (Å²) in [5, 5.41) is 9.57. The number of aromatic hydroxyl groups is 1. The Morgan fingerprint density at radius 2 is 2.00 bits per heavy atom. The van der Waals surface area contributed by atoms with Crippen LogP contribution in [0, 0.1) is 7.14 Å². The molecule has 0 aliphatic carbocycles. The Hall–Kier alpha value is 0.660. The van der Waals surface area contributed by atoms with Crippen molar-refractivity contribution in [3.8, 4) is 5.75 Å². The van der Waals surface area contributed by atoms with Crippen LogP contribution in [-0.2, 0) is 0 Å². The summed E-state index contributed by atoms with van der Waals surface area (Å²) in [7, 11) is 0. The van der Waals surface area contributed by atoms with Gasteiger partial charge in [0.05, 0.1) is 9.61 Å². The monoisotopic (exact) mass is 443 g/mol. The Labute approximate surface area is 115 Å². The second kappa shape index (κ2) is 6.29. The van der Waals surface area contributed by atoms with Crippen molar-refractivity contribution in [2.24, 2.45) is 5.73 Å². The second-order valence-corrected chi connectivity index (χ2v) is 4.99. The summed E-state index contributed by atoms with van der Waals surface area (Å²) in [6, 6.07) is 2.77. The lowest BCUT2D eigenvalue weighted by Crippen LogP contribution is -2.12. The summed E-state index contributed by atoms with van der Waals surface area (Å²) in [5.41, 5.74) is 5.96. The molecule has 0 amide bonds. The van der Waals surface area contributed by atoms with Crippen molar-refractivity contribution in [2.45, 2.75) is 6.04 Å². The number of phenolic OH excluding ortho intramolecular Hbond substituents is 1. The first-order chi connectivity index (χ1) is 6.06. The number of alkyl halides is 1. The van der Waals surface area contributed by atoms with E-state index >= 15 is 0 Å². The molecule has 0 aromatic heterocycles. The van der Waals surface area contributed by atoms with Crippen molar-refractivity contribution in [3.05, 3.63) is 24.8 Å². The number of phenols is 1. The average Bonchev–Trinajstić information content (AvgIpc) is 2.10. The maximum Gasteiger partial charge on any atom is 0.133 e. The summed E-state index contributed by atoms with van der Waals surface area (Å²) >= 11 is 4.10. The third-order valence-corrected chi connectivity index (χ3v) is 3.07. The van der Waals surface area contributed by atoms with Crippen molar-refractivity contribution < 1.29 is 9.50 Å². The van der Waals surface area contributed by atoms with Gasteiger partial charge in [-0.1, -0.05) is 0 Å². The van der Waals surface area contributed by atoms with Crippen LogP contribution in [0.5, 0.6) is 5.75 Å². The van der Waals surface area contributed by atoms with Gasteiger partial charge in [-0.2, -0.15) is 0 Å². The van der Waals surface area contributed by atoms with E-state index in [4.69, 9.17) is 5.73 Å². The molecule has 0 unspecified atom stereocenters. The van der Waals surface area contributed by atoms with E-state index in [0.717, 1.165) is 3.57 Å². The summed E-state index contributed by atoms with van der Waals surface area (Å²) in [4.78, 5) is 0.